The molecular weight excluding hydrogens is 352 g/mol. The largest absolute Gasteiger partial charge is 0.493 e. The van der Waals surface area contributed by atoms with Crippen LogP contribution in [0.4, 0.5) is 0 Å². The monoisotopic (exact) mass is 383 g/mol. The predicted octanol–water partition coefficient (Wildman–Crippen LogP) is 2.01. The summed E-state index contributed by atoms with van der Waals surface area (Å²) in [5.41, 5.74) is 3.68. The van der Waals surface area contributed by atoms with Gasteiger partial charge >= 0.3 is 0 Å². The van der Waals surface area contributed by atoms with Crippen molar-refractivity contribution in [2.24, 2.45) is 5.92 Å². The third-order valence-corrected chi connectivity index (χ3v) is 5.31. The summed E-state index contributed by atoms with van der Waals surface area (Å²) < 4.78 is 11.0. The van der Waals surface area contributed by atoms with Crippen LogP contribution in [-0.2, 0) is 11.2 Å². The normalized spacial score (nSPS) is 18.5. The second kappa shape index (κ2) is 9.11. The van der Waals surface area contributed by atoms with Crippen molar-refractivity contribution in [1.82, 2.24) is 5.32 Å². The topological polar surface area (TPSA) is 52.0 Å². The summed E-state index contributed by atoms with van der Waals surface area (Å²) in [6.07, 6.45) is 0.909. The van der Waals surface area contributed by atoms with E-state index in [1.807, 2.05) is 6.07 Å². The van der Waals surface area contributed by atoms with Gasteiger partial charge in [-0.15, -0.1) is 0 Å². The van der Waals surface area contributed by atoms with Gasteiger partial charge in [-0.3, -0.25) is 4.79 Å². The first kappa shape index (κ1) is 20.2. The maximum absolute atomic E-state index is 12.6. The smallest absolute Gasteiger partial charge is 0.275 e. The lowest BCUT2D eigenvalue weighted by Gasteiger charge is -2.34. The summed E-state index contributed by atoms with van der Waals surface area (Å²) >= 11 is 0. The lowest BCUT2D eigenvalue weighted by molar-refractivity contribution is -0.920. The second-order valence-electron chi connectivity index (χ2n) is 7.78. The molecule has 0 radical (unpaired) electrons. The van der Waals surface area contributed by atoms with Crippen LogP contribution in [0.15, 0.2) is 42.5 Å². The minimum atomic E-state index is 0.0922. The number of hydrogen-bond donors (Lipinski definition) is 2. The van der Waals surface area contributed by atoms with E-state index in [9.17, 15) is 4.79 Å². The number of amides is 1. The SMILES string of the molecule is COc1cc2c(cc1OC)[C@@H](c1ccccc1)[NH+](CC(=O)NCC(C)C)CC2. The fourth-order valence-electron chi connectivity index (χ4n) is 3.92. The molecule has 0 bridgehead atoms. The number of nitrogens with one attached hydrogen (secondary N) is 2. The molecule has 1 aliphatic heterocycles. The molecule has 1 heterocycles. The molecule has 3 rings (SSSR count). The van der Waals surface area contributed by atoms with Crippen LogP contribution in [0.5, 0.6) is 11.5 Å². The zero-order chi connectivity index (χ0) is 20.1. The van der Waals surface area contributed by atoms with E-state index in [0.29, 0.717) is 19.0 Å². The zero-order valence-electron chi connectivity index (χ0n) is 17.2. The number of hydrogen-bond acceptors (Lipinski definition) is 3. The Morgan fingerprint density at radius 1 is 1.14 bits per heavy atom. The summed E-state index contributed by atoms with van der Waals surface area (Å²) in [5, 5.41) is 3.06. The molecule has 0 aromatic heterocycles. The summed E-state index contributed by atoms with van der Waals surface area (Å²) in [6, 6.07) is 14.7. The standard InChI is InChI=1S/C23H30N2O3/c1-16(2)14-24-22(26)15-25-11-10-18-12-20(27-3)21(28-4)13-19(18)23(25)17-8-6-5-7-9-17/h5-9,12-13,16,23H,10-11,14-15H2,1-4H3,(H,24,26)/p+1/t23-/m1/s1. The summed E-state index contributed by atoms with van der Waals surface area (Å²) in [6.45, 7) is 6.29. The van der Waals surface area contributed by atoms with Gasteiger partial charge in [0.25, 0.3) is 5.91 Å². The number of methoxy groups -OCH3 is 2. The van der Waals surface area contributed by atoms with Crippen molar-refractivity contribution >= 4 is 5.91 Å². The molecule has 2 N–H and O–H groups in total. The third kappa shape index (κ3) is 4.47. The van der Waals surface area contributed by atoms with Gasteiger partial charge < -0.3 is 19.7 Å². The highest BCUT2D eigenvalue weighted by Crippen LogP contribution is 2.35. The van der Waals surface area contributed by atoms with Gasteiger partial charge in [0.15, 0.2) is 18.0 Å². The molecule has 0 spiro atoms. The molecule has 5 nitrogen and oxygen atoms in total. The summed E-state index contributed by atoms with van der Waals surface area (Å²) in [7, 11) is 3.33. The number of carbonyl (C=O) groups is 1. The number of quaternary nitrogens is 1. The average Bonchev–Trinajstić information content (AvgIpc) is 2.71. The molecule has 2 aromatic rings. The molecular formula is C23H31N2O3+. The maximum atomic E-state index is 12.6. The molecule has 0 saturated heterocycles. The quantitative estimate of drug-likeness (QED) is 0.769. The highest BCUT2D eigenvalue weighted by molar-refractivity contribution is 5.76. The van der Waals surface area contributed by atoms with Crippen LogP contribution in [0.2, 0.25) is 0 Å². The fourth-order valence-corrected chi connectivity index (χ4v) is 3.92. The maximum Gasteiger partial charge on any atom is 0.275 e. The van der Waals surface area contributed by atoms with Crippen LogP contribution in [0, 0.1) is 5.92 Å². The van der Waals surface area contributed by atoms with E-state index in [-0.39, 0.29) is 11.9 Å². The molecule has 2 aromatic carbocycles. The molecule has 5 heteroatoms. The van der Waals surface area contributed by atoms with E-state index in [1.54, 1.807) is 14.2 Å². The average molecular weight is 384 g/mol. The van der Waals surface area contributed by atoms with E-state index in [0.717, 1.165) is 24.5 Å². The Kier molecular flexibility index (Phi) is 6.57. The highest BCUT2D eigenvalue weighted by atomic mass is 16.5. The van der Waals surface area contributed by atoms with Crippen LogP contribution < -0.4 is 19.7 Å². The lowest BCUT2D eigenvalue weighted by atomic mass is 9.87. The third-order valence-electron chi connectivity index (χ3n) is 5.31. The van der Waals surface area contributed by atoms with E-state index >= 15 is 0 Å². The Morgan fingerprint density at radius 3 is 2.46 bits per heavy atom. The molecule has 1 aliphatic rings. The molecule has 1 unspecified atom stereocenters. The Bertz CT molecular complexity index is 805. The van der Waals surface area contributed by atoms with Gasteiger partial charge in [-0.2, -0.15) is 0 Å². The van der Waals surface area contributed by atoms with Gasteiger partial charge in [0.1, 0.15) is 6.04 Å². The molecule has 0 aliphatic carbocycles. The van der Waals surface area contributed by atoms with Gasteiger partial charge in [-0.25, -0.2) is 0 Å². The zero-order valence-corrected chi connectivity index (χ0v) is 17.2. The van der Waals surface area contributed by atoms with Crippen molar-refractivity contribution in [2.45, 2.75) is 26.3 Å². The second-order valence-corrected chi connectivity index (χ2v) is 7.78. The molecule has 28 heavy (non-hydrogen) atoms. The molecule has 0 saturated carbocycles. The Hall–Kier alpha value is -2.53. The van der Waals surface area contributed by atoms with Gasteiger partial charge in [-0.1, -0.05) is 44.2 Å². The van der Waals surface area contributed by atoms with Gasteiger partial charge in [0, 0.05) is 24.1 Å². The van der Waals surface area contributed by atoms with Crippen molar-refractivity contribution in [3.8, 4) is 11.5 Å². The van der Waals surface area contributed by atoms with Crippen LogP contribution in [0.25, 0.3) is 0 Å². The minimum absolute atomic E-state index is 0.0922. The summed E-state index contributed by atoms with van der Waals surface area (Å²) in [5.74, 6) is 2.04. The number of ether oxygens (including phenoxy) is 2. The Labute approximate surface area is 167 Å². The molecule has 150 valence electrons. The Morgan fingerprint density at radius 2 is 1.82 bits per heavy atom. The van der Waals surface area contributed by atoms with Crippen molar-refractivity contribution in [3.05, 3.63) is 59.2 Å². The first-order valence-corrected chi connectivity index (χ1v) is 9.94. The van der Waals surface area contributed by atoms with Gasteiger partial charge in [-0.05, 0) is 23.6 Å². The van der Waals surface area contributed by atoms with Gasteiger partial charge in [0.2, 0.25) is 0 Å². The van der Waals surface area contributed by atoms with Gasteiger partial charge in [0.05, 0.1) is 20.8 Å². The minimum Gasteiger partial charge on any atom is -0.493 e. The van der Waals surface area contributed by atoms with Crippen LogP contribution in [-0.4, -0.2) is 39.8 Å². The number of rotatable bonds is 7. The van der Waals surface area contributed by atoms with E-state index in [4.69, 9.17) is 9.47 Å². The Balaban J connectivity index is 1.95. The number of fused-ring (bicyclic) bond motifs is 1. The molecule has 0 fully saturated rings. The number of carbonyl (C=O) groups excluding carboxylic acids is 1. The highest BCUT2D eigenvalue weighted by Gasteiger charge is 2.34. The van der Waals surface area contributed by atoms with Crippen LogP contribution in [0.3, 0.4) is 0 Å². The molecule has 2 atom stereocenters. The van der Waals surface area contributed by atoms with Crippen molar-refractivity contribution in [3.63, 3.8) is 0 Å². The first-order chi connectivity index (χ1) is 13.5. The predicted molar refractivity (Wildman–Crippen MR) is 110 cm³/mol. The number of benzene rings is 2. The van der Waals surface area contributed by atoms with Crippen molar-refractivity contribution < 1.29 is 19.2 Å². The van der Waals surface area contributed by atoms with E-state index < -0.39 is 0 Å². The molecule has 1 amide bonds. The fraction of sp³-hybridized carbons (Fsp3) is 0.435. The lowest BCUT2D eigenvalue weighted by Crippen LogP contribution is -3.14. The van der Waals surface area contributed by atoms with Crippen molar-refractivity contribution in [2.75, 3.05) is 33.9 Å². The van der Waals surface area contributed by atoms with Crippen LogP contribution >= 0.6 is 0 Å². The van der Waals surface area contributed by atoms with Crippen LogP contribution in [0.1, 0.15) is 36.6 Å². The van der Waals surface area contributed by atoms with E-state index in [1.165, 1.54) is 21.6 Å². The van der Waals surface area contributed by atoms with E-state index in [2.05, 4.69) is 55.6 Å². The van der Waals surface area contributed by atoms with Crippen molar-refractivity contribution in [1.29, 1.82) is 0 Å². The first-order valence-electron chi connectivity index (χ1n) is 9.94. The summed E-state index contributed by atoms with van der Waals surface area (Å²) in [4.78, 5) is 13.8.